The van der Waals surface area contributed by atoms with Crippen molar-refractivity contribution >= 4 is 11.9 Å². The highest BCUT2D eigenvalue weighted by Gasteiger charge is 2.40. The van der Waals surface area contributed by atoms with Crippen molar-refractivity contribution in [3.05, 3.63) is 17.7 Å². The summed E-state index contributed by atoms with van der Waals surface area (Å²) in [6.45, 7) is 8.27. The Kier molecular flexibility index (Phi) is 5.36. The molecule has 1 amide bonds. The van der Waals surface area contributed by atoms with Gasteiger partial charge in [0.15, 0.2) is 5.69 Å². The lowest BCUT2D eigenvalue weighted by Gasteiger charge is -2.38. The van der Waals surface area contributed by atoms with Gasteiger partial charge >= 0.3 is 6.18 Å². The summed E-state index contributed by atoms with van der Waals surface area (Å²) in [6, 6.07) is 0.848. The van der Waals surface area contributed by atoms with E-state index in [2.05, 4.69) is 25.4 Å². The van der Waals surface area contributed by atoms with Gasteiger partial charge in [-0.1, -0.05) is 5.16 Å². The standard InChI is InChI=1S/C19H24F3N7O2/c1-11-4-7-29(11)17-24-12(10-13(25-17)19(20,21)22)14-26-15(31-27-14)18(2,3)16(30)28-8-5-23-6-9-28/h10-11,23H,4-9H2,1-3H3/t11-/m0/s1. The summed E-state index contributed by atoms with van der Waals surface area (Å²) in [4.78, 5) is 28.5. The summed E-state index contributed by atoms with van der Waals surface area (Å²) in [5.74, 6) is -0.292. The van der Waals surface area contributed by atoms with Crippen molar-refractivity contribution in [2.75, 3.05) is 37.6 Å². The van der Waals surface area contributed by atoms with Gasteiger partial charge in [0.25, 0.3) is 0 Å². The number of nitrogens with zero attached hydrogens (tertiary/aromatic N) is 6. The highest BCUT2D eigenvalue weighted by Crippen LogP contribution is 2.34. The maximum absolute atomic E-state index is 13.4. The van der Waals surface area contributed by atoms with Crippen LogP contribution in [0, 0.1) is 0 Å². The molecule has 0 spiro atoms. The second-order valence-corrected chi connectivity index (χ2v) is 8.36. The Balaban J connectivity index is 1.66. The number of aromatic nitrogens is 4. The van der Waals surface area contributed by atoms with E-state index in [0.717, 1.165) is 12.5 Å². The van der Waals surface area contributed by atoms with Crippen molar-refractivity contribution < 1.29 is 22.5 Å². The molecule has 2 aromatic heterocycles. The molecule has 2 aromatic rings. The van der Waals surface area contributed by atoms with E-state index in [9.17, 15) is 18.0 Å². The summed E-state index contributed by atoms with van der Waals surface area (Å²) in [5.41, 5.74) is -2.30. The average molecular weight is 439 g/mol. The summed E-state index contributed by atoms with van der Waals surface area (Å²) in [6.07, 6.45) is -3.80. The fourth-order valence-electron chi connectivity index (χ4n) is 3.57. The molecular weight excluding hydrogens is 415 g/mol. The zero-order chi connectivity index (χ0) is 22.4. The quantitative estimate of drug-likeness (QED) is 0.771. The Morgan fingerprint density at radius 3 is 2.45 bits per heavy atom. The minimum atomic E-state index is -4.65. The molecule has 4 heterocycles. The lowest BCUT2D eigenvalue weighted by atomic mass is 9.91. The predicted octanol–water partition coefficient (Wildman–Crippen LogP) is 1.85. The smallest absolute Gasteiger partial charge is 0.339 e. The molecule has 0 bridgehead atoms. The Labute approximate surface area is 177 Å². The van der Waals surface area contributed by atoms with Crippen molar-refractivity contribution in [1.29, 1.82) is 0 Å². The molecule has 0 aromatic carbocycles. The Bertz CT molecular complexity index is 970. The van der Waals surface area contributed by atoms with Gasteiger partial charge < -0.3 is 19.6 Å². The largest absolute Gasteiger partial charge is 0.433 e. The van der Waals surface area contributed by atoms with Crippen LogP contribution in [0.5, 0.6) is 0 Å². The summed E-state index contributed by atoms with van der Waals surface area (Å²) in [5, 5.41) is 7.00. The number of nitrogens with one attached hydrogen (secondary N) is 1. The minimum Gasteiger partial charge on any atom is -0.339 e. The zero-order valence-electron chi connectivity index (χ0n) is 17.5. The topological polar surface area (TPSA) is 100 Å². The molecule has 2 saturated heterocycles. The SMILES string of the molecule is C[C@H]1CCN1c1nc(-c2noc(C(C)(C)C(=O)N3CCNCC3)n2)cc(C(F)(F)F)n1. The van der Waals surface area contributed by atoms with E-state index >= 15 is 0 Å². The highest BCUT2D eigenvalue weighted by molar-refractivity contribution is 5.86. The molecule has 0 saturated carbocycles. The van der Waals surface area contributed by atoms with Crippen molar-refractivity contribution in [2.45, 2.75) is 44.8 Å². The Hall–Kier alpha value is -2.76. The molecule has 2 fully saturated rings. The van der Waals surface area contributed by atoms with Crippen LogP contribution in [0.3, 0.4) is 0 Å². The van der Waals surface area contributed by atoms with Gasteiger partial charge in [-0.3, -0.25) is 4.79 Å². The molecule has 0 aliphatic carbocycles. The van der Waals surface area contributed by atoms with Gasteiger partial charge in [0.2, 0.25) is 23.6 Å². The van der Waals surface area contributed by atoms with E-state index in [-0.39, 0.29) is 35.3 Å². The number of hydrogen-bond donors (Lipinski definition) is 1. The number of rotatable bonds is 4. The average Bonchev–Trinajstić information content (AvgIpc) is 3.23. The first-order valence-corrected chi connectivity index (χ1v) is 10.1. The summed E-state index contributed by atoms with van der Waals surface area (Å²) in [7, 11) is 0. The predicted molar refractivity (Wildman–Crippen MR) is 104 cm³/mol. The number of amides is 1. The molecule has 0 unspecified atom stereocenters. The minimum absolute atomic E-state index is 0.0221. The van der Waals surface area contributed by atoms with Gasteiger partial charge in [-0.2, -0.15) is 18.2 Å². The van der Waals surface area contributed by atoms with E-state index in [4.69, 9.17) is 4.52 Å². The molecular formula is C19H24F3N7O2. The van der Waals surface area contributed by atoms with Crippen molar-refractivity contribution in [1.82, 2.24) is 30.3 Å². The fraction of sp³-hybridized carbons (Fsp3) is 0.632. The summed E-state index contributed by atoms with van der Waals surface area (Å²) >= 11 is 0. The van der Waals surface area contributed by atoms with Gasteiger partial charge in [0.05, 0.1) is 0 Å². The molecule has 1 N–H and O–H groups in total. The van der Waals surface area contributed by atoms with Crippen molar-refractivity contribution in [2.24, 2.45) is 0 Å². The van der Waals surface area contributed by atoms with E-state index in [1.165, 1.54) is 0 Å². The van der Waals surface area contributed by atoms with Crippen LogP contribution < -0.4 is 10.2 Å². The number of alkyl halides is 3. The van der Waals surface area contributed by atoms with E-state index in [1.807, 2.05) is 6.92 Å². The fourth-order valence-corrected chi connectivity index (χ4v) is 3.57. The maximum Gasteiger partial charge on any atom is 0.433 e. The summed E-state index contributed by atoms with van der Waals surface area (Å²) < 4.78 is 45.6. The second-order valence-electron chi connectivity index (χ2n) is 8.36. The van der Waals surface area contributed by atoms with Crippen molar-refractivity contribution in [3.63, 3.8) is 0 Å². The second kappa shape index (κ2) is 7.74. The number of hydrogen-bond acceptors (Lipinski definition) is 8. The molecule has 2 aliphatic rings. The normalized spacial score (nSPS) is 20.0. The third kappa shape index (κ3) is 4.08. The van der Waals surface area contributed by atoms with Crippen LogP contribution in [0.1, 0.15) is 38.8 Å². The molecule has 168 valence electrons. The van der Waals surface area contributed by atoms with Gasteiger partial charge in [-0.05, 0) is 33.3 Å². The van der Waals surface area contributed by atoms with Gasteiger partial charge in [0.1, 0.15) is 11.1 Å². The van der Waals surface area contributed by atoms with Crippen LogP contribution in [0.4, 0.5) is 19.1 Å². The van der Waals surface area contributed by atoms with E-state index < -0.39 is 17.3 Å². The van der Waals surface area contributed by atoms with Gasteiger partial charge in [-0.25, -0.2) is 9.97 Å². The van der Waals surface area contributed by atoms with Crippen molar-refractivity contribution in [3.8, 4) is 11.5 Å². The zero-order valence-corrected chi connectivity index (χ0v) is 17.5. The molecule has 9 nitrogen and oxygen atoms in total. The highest BCUT2D eigenvalue weighted by atomic mass is 19.4. The van der Waals surface area contributed by atoms with Gasteiger partial charge in [-0.15, -0.1) is 0 Å². The molecule has 2 aliphatic heterocycles. The number of carbonyl (C=O) groups excluding carboxylic acids is 1. The number of carbonyl (C=O) groups is 1. The van der Waals surface area contributed by atoms with Crippen LogP contribution in [-0.4, -0.2) is 69.7 Å². The third-order valence-electron chi connectivity index (χ3n) is 5.71. The van der Waals surface area contributed by atoms with Crippen LogP contribution in [0.2, 0.25) is 0 Å². The molecule has 31 heavy (non-hydrogen) atoms. The molecule has 4 rings (SSSR count). The van der Waals surface area contributed by atoms with E-state index in [0.29, 0.717) is 32.7 Å². The van der Waals surface area contributed by atoms with Crippen LogP contribution in [0.15, 0.2) is 10.6 Å². The first-order chi connectivity index (χ1) is 14.6. The monoisotopic (exact) mass is 439 g/mol. The number of halogens is 3. The van der Waals surface area contributed by atoms with Crippen LogP contribution in [-0.2, 0) is 16.4 Å². The van der Waals surface area contributed by atoms with E-state index in [1.54, 1.807) is 23.6 Å². The lowest BCUT2D eigenvalue weighted by molar-refractivity contribution is -0.141. The third-order valence-corrected chi connectivity index (χ3v) is 5.71. The first kappa shape index (κ1) is 21.5. The maximum atomic E-state index is 13.4. The number of anilines is 1. The Morgan fingerprint density at radius 2 is 1.87 bits per heavy atom. The number of piperazine rings is 1. The molecule has 0 radical (unpaired) electrons. The van der Waals surface area contributed by atoms with Crippen LogP contribution >= 0.6 is 0 Å². The molecule has 1 atom stereocenters. The molecule has 12 heteroatoms. The Morgan fingerprint density at radius 1 is 1.16 bits per heavy atom. The first-order valence-electron chi connectivity index (χ1n) is 10.1. The van der Waals surface area contributed by atoms with Crippen LogP contribution in [0.25, 0.3) is 11.5 Å². The van der Waals surface area contributed by atoms with Gasteiger partial charge in [0, 0.05) is 38.8 Å². The lowest BCUT2D eigenvalue weighted by Crippen LogP contribution is -2.51.